The number of aromatic nitrogens is 1. The second-order valence-corrected chi connectivity index (χ2v) is 2.53. The molecule has 2 heteroatoms. The van der Waals surface area contributed by atoms with Crippen LogP contribution in [0.4, 0.5) is 0 Å². The molecule has 2 rings (SSSR count). The van der Waals surface area contributed by atoms with Gasteiger partial charge in [-0.1, -0.05) is 6.07 Å². The van der Waals surface area contributed by atoms with E-state index >= 15 is 0 Å². The first kappa shape index (κ1) is 7.92. The molecule has 0 saturated heterocycles. The van der Waals surface area contributed by atoms with Gasteiger partial charge in [0.05, 0.1) is 0 Å². The first-order chi connectivity index (χ1) is 5.47. The molecule has 0 N–H and O–H groups in total. The number of nitrogens with zero attached hydrogens (tertiary/aromatic N) is 1. The normalized spacial score (nSPS) is 14.9. The van der Waals surface area contributed by atoms with E-state index in [1.54, 1.807) is 0 Å². The van der Waals surface area contributed by atoms with Gasteiger partial charge in [0.2, 0.25) is 0 Å². The predicted octanol–water partition coefficient (Wildman–Crippen LogP) is 1.77. The lowest BCUT2D eigenvalue weighted by molar-refractivity contribution is -0.0979. The molecule has 0 spiro atoms. The third-order valence-electron chi connectivity index (χ3n) is 1.68. The summed E-state index contributed by atoms with van der Waals surface area (Å²) in [4.78, 5) is 12.2. The molecule has 1 aliphatic carbocycles. The second-order valence-electron chi connectivity index (χ2n) is 2.53. The fourth-order valence-electron chi connectivity index (χ4n) is 0.997. The minimum absolute atomic E-state index is 0.797. The lowest BCUT2D eigenvalue weighted by Crippen LogP contribution is -1.81. The lowest BCUT2D eigenvalue weighted by atomic mass is 10.3. The molecule has 0 atom stereocenters. The van der Waals surface area contributed by atoms with E-state index in [-0.39, 0.29) is 0 Å². The Hall–Kier alpha value is -1.18. The smallest absolute Gasteiger partial charge is 0.106 e. The van der Waals surface area contributed by atoms with E-state index in [1.165, 1.54) is 18.5 Å². The monoisotopic (exact) mass is 149 g/mol. The molecule has 0 unspecified atom stereocenters. The van der Waals surface area contributed by atoms with Gasteiger partial charge < -0.3 is 4.79 Å². The van der Waals surface area contributed by atoms with Crippen molar-refractivity contribution in [2.24, 2.45) is 0 Å². The van der Waals surface area contributed by atoms with Crippen molar-refractivity contribution in [1.29, 1.82) is 0 Å². The van der Waals surface area contributed by atoms with Crippen LogP contribution in [0.15, 0.2) is 24.4 Å². The first-order valence-electron chi connectivity index (χ1n) is 3.66. The Balaban J connectivity index is 0.000000281. The van der Waals surface area contributed by atoms with Crippen LogP contribution < -0.4 is 0 Å². The van der Waals surface area contributed by atoms with Crippen LogP contribution in [0.5, 0.6) is 0 Å². The molecule has 0 bridgehead atoms. The Morgan fingerprint density at radius 3 is 2.55 bits per heavy atom. The van der Waals surface area contributed by atoms with Crippen molar-refractivity contribution in [3.63, 3.8) is 0 Å². The van der Waals surface area contributed by atoms with Crippen molar-refractivity contribution in [2.75, 3.05) is 0 Å². The van der Waals surface area contributed by atoms with Gasteiger partial charge in [-0.15, -0.1) is 0 Å². The maximum Gasteiger partial charge on any atom is 0.106 e. The molecular formula is C9H11NO. The molecule has 0 radical (unpaired) electrons. The van der Waals surface area contributed by atoms with E-state index in [2.05, 4.69) is 17.1 Å². The van der Waals surface area contributed by atoms with Crippen LogP contribution in [0.2, 0.25) is 0 Å². The SMILES string of the molecule is C=O.c1ccc(C2CC2)nc1. The first-order valence-corrected chi connectivity index (χ1v) is 3.66. The van der Waals surface area contributed by atoms with Gasteiger partial charge in [-0.25, -0.2) is 0 Å². The maximum atomic E-state index is 8.00. The van der Waals surface area contributed by atoms with Gasteiger partial charge >= 0.3 is 0 Å². The molecule has 58 valence electrons. The van der Waals surface area contributed by atoms with E-state index in [1.807, 2.05) is 19.1 Å². The molecule has 1 aromatic heterocycles. The van der Waals surface area contributed by atoms with Gasteiger partial charge in [0.1, 0.15) is 6.79 Å². The van der Waals surface area contributed by atoms with Gasteiger partial charge in [-0.05, 0) is 25.0 Å². The van der Waals surface area contributed by atoms with Crippen LogP contribution in [0.3, 0.4) is 0 Å². The van der Waals surface area contributed by atoms with E-state index in [0.29, 0.717) is 0 Å². The third-order valence-corrected chi connectivity index (χ3v) is 1.68. The maximum absolute atomic E-state index is 8.00. The predicted molar refractivity (Wildman–Crippen MR) is 43.3 cm³/mol. The Morgan fingerprint density at radius 1 is 1.36 bits per heavy atom. The lowest BCUT2D eigenvalue weighted by Gasteiger charge is -1.91. The number of hydrogen-bond acceptors (Lipinski definition) is 2. The Kier molecular flexibility index (Phi) is 2.78. The zero-order valence-electron chi connectivity index (χ0n) is 6.36. The van der Waals surface area contributed by atoms with Crippen molar-refractivity contribution in [3.05, 3.63) is 30.1 Å². The van der Waals surface area contributed by atoms with Crippen molar-refractivity contribution >= 4 is 6.79 Å². The quantitative estimate of drug-likeness (QED) is 0.609. The molecule has 1 fully saturated rings. The molecule has 1 saturated carbocycles. The molecule has 0 aliphatic heterocycles. The summed E-state index contributed by atoms with van der Waals surface area (Å²) in [5.74, 6) is 0.797. The van der Waals surface area contributed by atoms with Crippen molar-refractivity contribution in [2.45, 2.75) is 18.8 Å². The van der Waals surface area contributed by atoms with Crippen LogP contribution in [-0.2, 0) is 4.79 Å². The molecule has 0 amide bonds. The van der Waals surface area contributed by atoms with Gasteiger partial charge in [-0.2, -0.15) is 0 Å². The van der Waals surface area contributed by atoms with E-state index in [9.17, 15) is 0 Å². The molecule has 2 nitrogen and oxygen atoms in total. The topological polar surface area (TPSA) is 30.0 Å². The van der Waals surface area contributed by atoms with E-state index in [4.69, 9.17) is 4.79 Å². The highest BCUT2D eigenvalue weighted by atomic mass is 16.1. The average molecular weight is 149 g/mol. The Morgan fingerprint density at radius 2 is 2.09 bits per heavy atom. The molecule has 1 heterocycles. The van der Waals surface area contributed by atoms with Crippen molar-refractivity contribution in [3.8, 4) is 0 Å². The average Bonchev–Trinajstić information content (AvgIpc) is 2.92. The number of rotatable bonds is 1. The largest absolute Gasteiger partial charge is 0.307 e. The second kappa shape index (κ2) is 3.86. The summed E-state index contributed by atoms with van der Waals surface area (Å²) in [6.45, 7) is 2.00. The van der Waals surface area contributed by atoms with Crippen molar-refractivity contribution < 1.29 is 4.79 Å². The number of pyridine rings is 1. The summed E-state index contributed by atoms with van der Waals surface area (Å²) >= 11 is 0. The minimum Gasteiger partial charge on any atom is -0.307 e. The summed E-state index contributed by atoms with van der Waals surface area (Å²) in [6.07, 6.45) is 4.56. The van der Waals surface area contributed by atoms with Gasteiger partial charge in [-0.3, -0.25) is 4.98 Å². The summed E-state index contributed by atoms with van der Waals surface area (Å²) in [5, 5.41) is 0. The highest BCUT2D eigenvalue weighted by Crippen LogP contribution is 2.38. The fourth-order valence-corrected chi connectivity index (χ4v) is 0.997. The number of hydrogen-bond donors (Lipinski definition) is 0. The van der Waals surface area contributed by atoms with Gasteiger partial charge in [0, 0.05) is 17.8 Å². The van der Waals surface area contributed by atoms with Crippen LogP contribution in [0.25, 0.3) is 0 Å². The van der Waals surface area contributed by atoms with E-state index in [0.717, 1.165) is 5.92 Å². The summed E-state index contributed by atoms with van der Waals surface area (Å²) in [5.41, 5.74) is 1.28. The zero-order chi connectivity index (χ0) is 8.10. The highest BCUT2D eigenvalue weighted by Gasteiger charge is 2.23. The summed E-state index contributed by atoms with van der Waals surface area (Å²) in [7, 11) is 0. The number of carbonyl (C=O) groups is 1. The molecule has 1 aliphatic rings. The molecular weight excluding hydrogens is 138 g/mol. The standard InChI is InChI=1S/C8H9N.CH2O/c1-2-6-9-8(3-1)7-4-5-7;1-2/h1-3,6-7H,4-5H2;1H2. The van der Waals surface area contributed by atoms with Crippen LogP contribution in [-0.4, -0.2) is 11.8 Å². The van der Waals surface area contributed by atoms with Gasteiger partial charge in [0.25, 0.3) is 0 Å². The van der Waals surface area contributed by atoms with Gasteiger partial charge in [0.15, 0.2) is 0 Å². The van der Waals surface area contributed by atoms with Crippen LogP contribution in [0, 0.1) is 0 Å². The van der Waals surface area contributed by atoms with Crippen LogP contribution in [0.1, 0.15) is 24.5 Å². The zero-order valence-corrected chi connectivity index (χ0v) is 6.36. The summed E-state index contributed by atoms with van der Waals surface area (Å²) < 4.78 is 0. The van der Waals surface area contributed by atoms with Crippen molar-refractivity contribution in [1.82, 2.24) is 4.98 Å². The molecule has 11 heavy (non-hydrogen) atoms. The summed E-state index contributed by atoms with van der Waals surface area (Å²) in [6, 6.07) is 6.13. The number of carbonyl (C=O) groups excluding carboxylic acids is 1. The molecule has 1 aromatic rings. The third kappa shape index (κ3) is 2.15. The van der Waals surface area contributed by atoms with E-state index < -0.39 is 0 Å². The van der Waals surface area contributed by atoms with Crippen LogP contribution >= 0.6 is 0 Å². The minimum atomic E-state index is 0.797. The highest BCUT2D eigenvalue weighted by molar-refractivity contribution is 5.14. The Bertz CT molecular complexity index is 206. The fraction of sp³-hybridized carbons (Fsp3) is 0.333. The Labute approximate surface area is 66.3 Å². The molecule has 0 aromatic carbocycles.